The van der Waals surface area contributed by atoms with Gasteiger partial charge >= 0.3 is 0 Å². The summed E-state index contributed by atoms with van der Waals surface area (Å²) in [5.41, 5.74) is 5.97. The Balaban J connectivity index is 1.48. The van der Waals surface area contributed by atoms with Crippen LogP contribution in [-0.4, -0.2) is 26.3 Å². The second kappa shape index (κ2) is 8.09. The van der Waals surface area contributed by atoms with Crippen molar-refractivity contribution >= 4 is 5.52 Å². The molecule has 0 aliphatic carbocycles. The molecular weight excluding hydrogens is 416 g/mol. The van der Waals surface area contributed by atoms with Gasteiger partial charge in [0.1, 0.15) is 22.7 Å². The molecule has 0 saturated heterocycles. The van der Waals surface area contributed by atoms with Crippen LogP contribution in [0.2, 0.25) is 0 Å². The highest BCUT2D eigenvalue weighted by Crippen LogP contribution is 2.26. The molecule has 0 amide bonds. The molecule has 3 heterocycles. The van der Waals surface area contributed by atoms with E-state index in [9.17, 15) is 4.79 Å². The summed E-state index contributed by atoms with van der Waals surface area (Å²) in [5, 5.41) is 4.55. The summed E-state index contributed by atoms with van der Waals surface area (Å²) < 4.78 is 14.4. The van der Waals surface area contributed by atoms with Gasteiger partial charge < -0.3 is 13.7 Å². The molecule has 0 aliphatic rings. The van der Waals surface area contributed by atoms with Crippen LogP contribution in [0.15, 0.2) is 70.1 Å². The Morgan fingerprint density at radius 3 is 2.52 bits per heavy atom. The monoisotopic (exact) mass is 440 g/mol. The Kier molecular flexibility index (Phi) is 5.09. The summed E-state index contributed by atoms with van der Waals surface area (Å²) in [7, 11) is 1.63. The van der Waals surface area contributed by atoms with Crippen molar-refractivity contribution < 1.29 is 9.15 Å². The first-order chi connectivity index (χ1) is 15.9. The van der Waals surface area contributed by atoms with E-state index in [2.05, 4.69) is 18.1 Å². The van der Waals surface area contributed by atoms with Crippen molar-refractivity contribution in [3.63, 3.8) is 0 Å². The summed E-state index contributed by atoms with van der Waals surface area (Å²) in [5.74, 6) is 2.04. The first-order valence-electron chi connectivity index (χ1n) is 10.7. The van der Waals surface area contributed by atoms with Crippen molar-refractivity contribution in [3.05, 3.63) is 93.9 Å². The van der Waals surface area contributed by atoms with E-state index in [1.165, 1.54) is 5.56 Å². The number of ether oxygens (including phenoxy) is 1. The highest BCUT2D eigenvalue weighted by molar-refractivity contribution is 5.66. The lowest BCUT2D eigenvalue weighted by Gasteiger charge is -2.04. The summed E-state index contributed by atoms with van der Waals surface area (Å²) >= 11 is 0. The molecule has 0 atom stereocenters. The maximum Gasteiger partial charge on any atom is 0.276 e. The number of aryl methyl sites for hydroxylation is 3. The van der Waals surface area contributed by atoms with E-state index in [0.717, 1.165) is 33.8 Å². The molecule has 0 bridgehead atoms. The van der Waals surface area contributed by atoms with Crippen LogP contribution in [-0.2, 0) is 6.54 Å². The van der Waals surface area contributed by atoms with Crippen LogP contribution in [0, 0.1) is 20.8 Å². The van der Waals surface area contributed by atoms with Crippen LogP contribution in [0.25, 0.3) is 28.2 Å². The van der Waals surface area contributed by atoms with Gasteiger partial charge in [0.15, 0.2) is 0 Å². The van der Waals surface area contributed by atoms with Crippen LogP contribution in [0.5, 0.6) is 5.75 Å². The van der Waals surface area contributed by atoms with Crippen LogP contribution in [0.3, 0.4) is 0 Å². The fourth-order valence-corrected chi connectivity index (χ4v) is 3.96. The standard InChI is InChI=1S/C26H24N4O3/c1-16-5-10-21(17(2)13-16)25-27-23(18(3)33-25)15-29-11-12-30-24(26(29)31)14-22(28-30)19-6-8-20(32-4)9-7-19/h5-14H,15H2,1-4H3. The van der Waals surface area contributed by atoms with Crippen molar-refractivity contribution in [2.75, 3.05) is 7.11 Å². The van der Waals surface area contributed by atoms with Gasteiger partial charge in [0.2, 0.25) is 5.89 Å². The number of fused-ring (bicyclic) bond motifs is 1. The fraction of sp³-hybridized carbons (Fsp3) is 0.192. The van der Waals surface area contributed by atoms with Gasteiger partial charge in [-0.05, 0) is 62.7 Å². The zero-order valence-electron chi connectivity index (χ0n) is 19.0. The maximum absolute atomic E-state index is 13.2. The molecule has 5 rings (SSSR count). The molecule has 0 fully saturated rings. The van der Waals surface area contributed by atoms with Crippen LogP contribution < -0.4 is 10.3 Å². The first kappa shape index (κ1) is 20.8. The van der Waals surface area contributed by atoms with Crippen LogP contribution in [0.1, 0.15) is 22.6 Å². The first-order valence-corrected chi connectivity index (χ1v) is 10.7. The van der Waals surface area contributed by atoms with E-state index in [0.29, 0.717) is 23.7 Å². The number of benzene rings is 2. The molecule has 7 heteroatoms. The van der Waals surface area contributed by atoms with Gasteiger partial charge in [0, 0.05) is 23.5 Å². The quantitative estimate of drug-likeness (QED) is 0.392. The summed E-state index contributed by atoms with van der Waals surface area (Å²) in [6.45, 7) is 6.29. The second-order valence-corrected chi connectivity index (χ2v) is 8.16. The second-order valence-electron chi connectivity index (χ2n) is 8.16. The molecule has 3 aromatic heterocycles. The molecule has 166 valence electrons. The third-order valence-corrected chi connectivity index (χ3v) is 5.81. The fourth-order valence-electron chi connectivity index (χ4n) is 3.96. The predicted molar refractivity (Wildman–Crippen MR) is 127 cm³/mol. The van der Waals surface area contributed by atoms with E-state index in [1.54, 1.807) is 34.7 Å². The number of rotatable bonds is 5. The Hall–Kier alpha value is -4.13. The molecule has 7 nitrogen and oxygen atoms in total. The molecule has 0 spiro atoms. The lowest BCUT2D eigenvalue weighted by atomic mass is 10.1. The number of oxazole rings is 1. The Morgan fingerprint density at radius 2 is 1.79 bits per heavy atom. The van der Waals surface area contributed by atoms with E-state index in [-0.39, 0.29) is 5.56 Å². The van der Waals surface area contributed by atoms with E-state index < -0.39 is 0 Å². The van der Waals surface area contributed by atoms with E-state index in [4.69, 9.17) is 14.1 Å². The van der Waals surface area contributed by atoms with Gasteiger partial charge in [-0.2, -0.15) is 5.10 Å². The zero-order chi connectivity index (χ0) is 23.1. The summed E-state index contributed by atoms with van der Waals surface area (Å²) in [6.07, 6.45) is 3.51. The highest BCUT2D eigenvalue weighted by Gasteiger charge is 2.16. The van der Waals surface area contributed by atoms with Crippen LogP contribution in [0.4, 0.5) is 0 Å². The average Bonchev–Trinajstić information content (AvgIpc) is 3.40. The predicted octanol–water partition coefficient (Wildman–Crippen LogP) is 4.80. The van der Waals surface area contributed by atoms with Gasteiger partial charge in [-0.15, -0.1) is 0 Å². The Bertz CT molecular complexity index is 1520. The molecule has 0 N–H and O–H groups in total. The van der Waals surface area contributed by atoms with E-state index >= 15 is 0 Å². The number of aromatic nitrogens is 4. The minimum Gasteiger partial charge on any atom is -0.497 e. The molecular formula is C26H24N4O3. The smallest absolute Gasteiger partial charge is 0.276 e. The molecule has 33 heavy (non-hydrogen) atoms. The Labute approximate surface area is 190 Å². The van der Waals surface area contributed by atoms with Gasteiger partial charge in [-0.3, -0.25) is 4.79 Å². The number of hydrogen-bond donors (Lipinski definition) is 0. The summed E-state index contributed by atoms with van der Waals surface area (Å²) in [6, 6.07) is 15.6. The summed E-state index contributed by atoms with van der Waals surface area (Å²) in [4.78, 5) is 17.9. The van der Waals surface area contributed by atoms with Gasteiger partial charge in [0.25, 0.3) is 5.56 Å². The molecule has 0 aliphatic heterocycles. The van der Waals surface area contributed by atoms with Crippen molar-refractivity contribution in [1.29, 1.82) is 0 Å². The van der Waals surface area contributed by atoms with Gasteiger partial charge in [0.05, 0.1) is 19.3 Å². The van der Waals surface area contributed by atoms with Crippen molar-refractivity contribution in [3.8, 4) is 28.5 Å². The van der Waals surface area contributed by atoms with Crippen molar-refractivity contribution in [2.24, 2.45) is 0 Å². The van der Waals surface area contributed by atoms with Gasteiger partial charge in [-0.1, -0.05) is 17.7 Å². The number of hydrogen-bond acceptors (Lipinski definition) is 5. The molecule has 2 aromatic carbocycles. The van der Waals surface area contributed by atoms with E-state index in [1.807, 2.05) is 50.2 Å². The molecule has 0 radical (unpaired) electrons. The minimum absolute atomic E-state index is 0.139. The normalized spacial score (nSPS) is 11.3. The lowest BCUT2D eigenvalue weighted by molar-refractivity contribution is 0.415. The highest BCUT2D eigenvalue weighted by atomic mass is 16.5. The van der Waals surface area contributed by atoms with Crippen molar-refractivity contribution in [1.82, 2.24) is 19.2 Å². The lowest BCUT2D eigenvalue weighted by Crippen LogP contribution is -2.22. The minimum atomic E-state index is -0.139. The molecule has 0 unspecified atom stereocenters. The topological polar surface area (TPSA) is 74.6 Å². The largest absolute Gasteiger partial charge is 0.497 e. The third-order valence-electron chi connectivity index (χ3n) is 5.81. The van der Waals surface area contributed by atoms with Gasteiger partial charge in [-0.25, -0.2) is 9.50 Å². The van der Waals surface area contributed by atoms with Crippen molar-refractivity contribution in [2.45, 2.75) is 27.3 Å². The maximum atomic E-state index is 13.2. The molecule has 0 saturated carbocycles. The zero-order valence-corrected chi connectivity index (χ0v) is 19.0. The number of methoxy groups -OCH3 is 1. The molecule has 5 aromatic rings. The third kappa shape index (κ3) is 3.82. The number of nitrogens with zero attached hydrogens (tertiary/aromatic N) is 4. The SMILES string of the molecule is COc1ccc(-c2cc3c(=O)n(Cc4nc(-c5ccc(C)cc5C)oc4C)ccn3n2)cc1. The van der Waals surface area contributed by atoms with Crippen LogP contribution >= 0.6 is 0 Å². The Morgan fingerprint density at radius 1 is 1.00 bits per heavy atom. The average molecular weight is 441 g/mol.